The molecule has 10 heteroatoms. The second-order valence-electron chi connectivity index (χ2n) is 6.48. The third-order valence-corrected chi connectivity index (χ3v) is 5.02. The lowest BCUT2D eigenvalue weighted by Gasteiger charge is -2.30. The van der Waals surface area contributed by atoms with Crippen molar-refractivity contribution in [3.05, 3.63) is 75.1 Å². The van der Waals surface area contributed by atoms with Gasteiger partial charge in [0.15, 0.2) is 6.04 Å². The first-order valence-corrected chi connectivity index (χ1v) is 9.22. The monoisotopic (exact) mass is 401 g/mol. The number of halogens is 1. The minimum absolute atomic E-state index is 0.0499. The number of aromatic nitrogens is 4. The number of tetrazole rings is 1. The summed E-state index contributed by atoms with van der Waals surface area (Å²) < 4.78 is 7.17. The highest BCUT2D eigenvalue weighted by Gasteiger charge is 2.33. The molecule has 2 aromatic carbocycles. The molecule has 1 atom stereocenters. The topological polar surface area (TPSA) is 100 Å². The van der Waals surface area contributed by atoms with Crippen LogP contribution in [0.5, 0.6) is 0 Å². The van der Waals surface area contributed by atoms with Crippen molar-refractivity contribution in [1.82, 2.24) is 20.2 Å². The van der Waals surface area contributed by atoms with Crippen LogP contribution in [-0.2, 0) is 4.74 Å². The Bertz CT molecular complexity index is 971. The number of nitro groups is 1. The number of non-ortho nitro benzene ring substituents is 1. The molecule has 0 spiro atoms. The van der Waals surface area contributed by atoms with Gasteiger partial charge in [0.1, 0.15) is 13.1 Å². The third-order valence-electron chi connectivity index (χ3n) is 4.79. The fourth-order valence-corrected chi connectivity index (χ4v) is 3.63. The van der Waals surface area contributed by atoms with Crippen LogP contribution in [0.3, 0.4) is 0 Å². The summed E-state index contributed by atoms with van der Waals surface area (Å²) in [5.74, 6) is 0.646. The molecule has 0 saturated carbocycles. The van der Waals surface area contributed by atoms with Crippen LogP contribution < -0.4 is 4.90 Å². The van der Waals surface area contributed by atoms with Crippen molar-refractivity contribution in [2.24, 2.45) is 0 Å². The normalized spacial score (nSPS) is 16.0. The second-order valence-corrected chi connectivity index (χ2v) is 6.92. The predicted octanol–water partition coefficient (Wildman–Crippen LogP) is 1.23. The third kappa shape index (κ3) is 3.72. The molecule has 28 heavy (non-hydrogen) atoms. The van der Waals surface area contributed by atoms with E-state index in [0.717, 1.165) is 24.3 Å². The van der Waals surface area contributed by atoms with Gasteiger partial charge in [-0.3, -0.25) is 10.1 Å². The summed E-state index contributed by atoms with van der Waals surface area (Å²) in [4.78, 5) is 11.8. The van der Waals surface area contributed by atoms with Gasteiger partial charge in [-0.25, -0.2) is 0 Å². The van der Waals surface area contributed by atoms with Crippen LogP contribution in [0.4, 0.5) is 5.69 Å². The largest absolute Gasteiger partial charge is 0.370 e. The summed E-state index contributed by atoms with van der Waals surface area (Å²) in [6.45, 7) is 2.84. The van der Waals surface area contributed by atoms with E-state index in [1.54, 1.807) is 28.9 Å². The zero-order valence-electron chi connectivity index (χ0n) is 14.9. The number of hydrogen-bond acceptors (Lipinski definition) is 6. The van der Waals surface area contributed by atoms with E-state index in [0.29, 0.717) is 24.1 Å². The molecule has 0 unspecified atom stereocenters. The fourth-order valence-electron chi connectivity index (χ4n) is 3.44. The summed E-state index contributed by atoms with van der Waals surface area (Å²) >= 11 is 6.14. The van der Waals surface area contributed by atoms with Crippen LogP contribution in [-0.4, -0.2) is 51.4 Å². The van der Waals surface area contributed by atoms with E-state index in [1.807, 2.05) is 12.1 Å². The molecule has 1 fully saturated rings. The zero-order chi connectivity index (χ0) is 19.5. The predicted molar refractivity (Wildman–Crippen MR) is 101 cm³/mol. The molecule has 1 saturated heterocycles. The van der Waals surface area contributed by atoms with Gasteiger partial charge in [-0.2, -0.15) is 4.68 Å². The molecule has 4 rings (SSSR count). The zero-order valence-corrected chi connectivity index (χ0v) is 15.6. The van der Waals surface area contributed by atoms with Gasteiger partial charge in [0, 0.05) is 22.7 Å². The molecule has 0 bridgehead atoms. The summed E-state index contributed by atoms with van der Waals surface area (Å²) in [6, 6.07) is 13.7. The maximum atomic E-state index is 11.0. The van der Waals surface area contributed by atoms with E-state index in [1.165, 1.54) is 17.0 Å². The number of hydrogen-bond donors (Lipinski definition) is 1. The van der Waals surface area contributed by atoms with Crippen LogP contribution in [0, 0.1) is 10.1 Å². The van der Waals surface area contributed by atoms with E-state index < -0.39 is 4.92 Å². The van der Waals surface area contributed by atoms with Crippen LogP contribution in [0.1, 0.15) is 17.4 Å². The van der Waals surface area contributed by atoms with E-state index >= 15 is 0 Å². The Morgan fingerprint density at radius 3 is 2.61 bits per heavy atom. The van der Waals surface area contributed by atoms with Crippen LogP contribution in [0.25, 0.3) is 5.69 Å². The Morgan fingerprint density at radius 1 is 1.18 bits per heavy atom. The number of nitrogens with zero attached hydrogens (tertiary/aromatic N) is 5. The number of benzene rings is 2. The van der Waals surface area contributed by atoms with Gasteiger partial charge in [-0.15, -0.1) is 5.10 Å². The van der Waals surface area contributed by atoms with Gasteiger partial charge in [0.05, 0.1) is 23.8 Å². The molecule has 0 aliphatic carbocycles. The summed E-state index contributed by atoms with van der Waals surface area (Å²) in [6.07, 6.45) is 0. The number of morpholine rings is 1. The number of ether oxygens (including phenoxy) is 1. The van der Waals surface area contributed by atoms with Crippen molar-refractivity contribution in [3.8, 4) is 5.69 Å². The standard InChI is InChI=1S/C18H17ClN6O3/c19-14-2-1-3-16(12-14)24-18(20-21-22-24)17(23-8-10-28-11-9-23)13-4-6-15(7-5-13)25(26)27/h1-7,12,17H,8-11H2/p+1/t17-/m1/s1. The van der Waals surface area contributed by atoms with E-state index in [4.69, 9.17) is 16.3 Å². The van der Waals surface area contributed by atoms with Gasteiger partial charge in [-0.05, 0) is 40.8 Å². The lowest BCUT2D eigenvalue weighted by atomic mass is 10.0. The number of nitrogens with one attached hydrogen (secondary N) is 1. The smallest absolute Gasteiger partial charge is 0.269 e. The van der Waals surface area contributed by atoms with E-state index in [2.05, 4.69) is 15.5 Å². The van der Waals surface area contributed by atoms with E-state index in [-0.39, 0.29) is 11.7 Å². The number of nitro benzene ring substituents is 1. The molecule has 2 heterocycles. The Hall–Kier alpha value is -2.88. The Labute approximate surface area is 165 Å². The summed E-state index contributed by atoms with van der Waals surface area (Å²) in [5, 5.41) is 23.9. The van der Waals surface area contributed by atoms with Gasteiger partial charge >= 0.3 is 0 Å². The van der Waals surface area contributed by atoms with Crippen molar-refractivity contribution in [3.63, 3.8) is 0 Å². The maximum absolute atomic E-state index is 11.0. The van der Waals surface area contributed by atoms with Crippen molar-refractivity contribution in [1.29, 1.82) is 0 Å². The quantitative estimate of drug-likeness (QED) is 0.509. The first-order valence-electron chi connectivity index (χ1n) is 8.84. The minimum Gasteiger partial charge on any atom is -0.370 e. The van der Waals surface area contributed by atoms with E-state index in [9.17, 15) is 10.1 Å². The number of quaternary nitrogens is 1. The molecule has 1 aromatic heterocycles. The minimum atomic E-state index is -0.406. The van der Waals surface area contributed by atoms with Crippen LogP contribution in [0.2, 0.25) is 5.02 Å². The first-order chi connectivity index (χ1) is 13.6. The Kier molecular flexibility index (Phi) is 5.29. The van der Waals surface area contributed by atoms with Crippen molar-refractivity contribution in [2.45, 2.75) is 6.04 Å². The lowest BCUT2D eigenvalue weighted by molar-refractivity contribution is -0.933. The highest BCUT2D eigenvalue weighted by molar-refractivity contribution is 6.30. The molecule has 0 radical (unpaired) electrons. The highest BCUT2D eigenvalue weighted by Crippen LogP contribution is 2.23. The van der Waals surface area contributed by atoms with Crippen molar-refractivity contribution < 1.29 is 14.6 Å². The Balaban J connectivity index is 1.78. The molecule has 1 aliphatic rings. The molecular formula is C18H18ClN6O3+. The molecule has 3 aromatic rings. The van der Waals surface area contributed by atoms with Crippen molar-refractivity contribution in [2.75, 3.05) is 26.3 Å². The molecular weight excluding hydrogens is 384 g/mol. The molecule has 9 nitrogen and oxygen atoms in total. The van der Waals surface area contributed by atoms with Gasteiger partial charge in [-0.1, -0.05) is 17.7 Å². The number of rotatable bonds is 5. The van der Waals surface area contributed by atoms with Gasteiger partial charge < -0.3 is 9.64 Å². The lowest BCUT2D eigenvalue weighted by Crippen LogP contribution is -3.14. The van der Waals surface area contributed by atoms with Gasteiger partial charge in [0.2, 0.25) is 5.82 Å². The molecule has 144 valence electrons. The van der Waals surface area contributed by atoms with Crippen molar-refractivity contribution >= 4 is 17.3 Å². The second kappa shape index (κ2) is 8.01. The highest BCUT2D eigenvalue weighted by atomic mass is 35.5. The van der Waals surface area contributed by atoms with Gasteiger partial charge in [0.25, 0.3) is 5.69 Å². The van der Waals surface area contributed by atoms with Crippen LogP contribution in [0.15, 0.2) is 48.5 Å². The maximum Gasteiger partial charge on any atom is 0.269 e. The molecule has 1 aliphatic heterocycles. The molecule has 0 amide bonds. The summed E-state index contributed by atoms with van der Waals surface area (Å²) in [7, 11) is 0. The SMILES string of the molecule is O=[N+]([O-])c1ccc([C@H](c2nnnn2-c2cccc(Cl)c2)[NH+]2CCOCC2)cc1. The Morgan fingerprint density at radius 2 is 1.93 bits per heavy atom. The summed E-state index contributed by atoms with van der Waals surface area (Å²) in [5.41, 5.74) is 1.71. The average molecular weight is 402 g/mol. The fraction of sp³-hybridized carbons (Fsp3) is 0.278. The first kappa shape index (κ1) is 18.5. The molecule has 1 N–H and O–H groups in total. The van der Waals surface area contributed by atoms with Crippen LogP contribution >= 0.6 is 11.6 Å². The average Bonchev–Trinajstić information content (AvgIpc) is 3.19.